The molecular weight excluding hydrogens is 550 g/mol. The van der Waals surface area contributed by atoms with Crippen molar-refractivity contribution in [1.82, 2.24) is 0 Å². The van der Waals surface area contributed by atoms with E-state index in [2.05, 4.69) is 26.0 Å². The number of esters is 2. The molecule has 4 rings (SSSR count). The van der Waals surface area contributed by atoms with Crippen LogP contribution in [0.2, 0.25) is 0 Å². The lowest BCUT2D eigenvalue weighted by molar-refractivity contribution is -0.172. The Hall–Kier alpha value is -2.26. The fraction of sp³-hybridized carbons (Fsp3) is 0.742. The van der Waals surface area contributed by atoms with Crippen molar-refractivity contribution in [3.63, 3.8) is 0 Å². The zero-order chi connectivity index (χ0) is 30.5. The summed E-state index contributed by atoms with van der Waals surface area (Å²) in [6.45, 7) is 9.05. The SMILES string of the molecule is CC(=O)O[C@@H]1CC2=CC=C3[C@@H]4CC[C@H]([C@H](C)CCC=C(C(F)(F)F)C(F)(F)F)[C@@]4(C)CC[C@@H]3[C@@]2(C)[C@@H](OC(C)=O)C1. The highest BCUT2D eigenvalue weighted by molar-refractivity contribution is 5.67. The average Bonchev–Trinajstić information content (AvgIpc) is 3.17. The van der Waals surface area contributed by atoms with Gasteiger partial charge in [-0.1, -0.05) is 50.1 Å². The van der Waals surface area contributed by atoms with Crippen LogP contribution in [-0.2, 0) is 19.1 Å². The molecule has 8 atom stereocenters. The van der Waals surface area contributed by atoms with Crippen LogP contribution < -0.4 is 0 Å². The van der Waals surface area contributed by atoms with E-state index in [1.807, 2.05) is 6.92 Å². The summed E-state index contributed by atoms with van der Waals surface area (Å²) in [5.41, 5.74) is -0.622. The largest absolute Gasteiger partial charge is 0.462 e. The van der Waals surface area contributed by atoms with Gasteiger partial charge in [-0.3, -0.25) is 9.59 Å². The van der Waals surface area contributed by atoms with Crippen molar-refractivity contribution in [2.75, 3.05) is 0 Å². The highest BCUT2D eigenvalue weighted by Gasteiger charge is 2.60. The quantitative estimate of drug-likeness (QED) is 0.177. The van der Waals surface area contributed by atoms with E-state index in [9.17, 15) is 35.9 Å². The molecule has 0 saturated heterocycles. The topological polar surface area (TPSA) is 52.6 Å². The zero-order valence-corrected chi connectivity index (χ0v) is 24.3. The maximum absolute atomic E-state index is 13.0. The Bertz CT molecular complexity index is 1120. The maximum atomic E-state index is 13.0. The van der Waals surface area contributed by atoms with E-state index in [-0.39, 0.29) is 60.0 Å². The van der Waals surface area contributed by atoms with E-state index < -0.39 is 29.4 Å². The van der Waals surface area contributed by atoms with Gasteiger partial charge in [-0.2, -0.15) is 26.3 Å². The third-order valence-electron chi connectivity index (χ3n) is 10.6. The minimum absolute atomic E-state index is 0.0423. The summed E-state index contributed by atoms with van der Waals surface area (Å²) in [5.74, 6) is -0.288. The molecule has 0 unspecified atom stereocenters. The number of allylic oxidation sites excluding steroid dienone is 5. The third kappa shape index (κ3) is 5.99. The van der Waals surface area contributed by atoms with Crippen LogP contribution >= 0.6 is 0 Å². The maximum Gasteiger partial charge on any atom is 0.420 e. The highest BCUT2D eigenvalue weighted by atomic mass is 19.4. The number of ether oxygens (including phenoxy) is 2. The summed E-state index contributed by atoms with van der Waals surface area (Å²) in [5, 5.41) is 0. The first-order chi connectivity index (χ1) is 18.9. The number of carbonyl (C=O) groups excluding carboxylic acids is 2. The van der Waals surface area contributed by atoms with Gasteiger partial charge in [0.1, 0.15) is 17.8 Å². The number of halogens is 6. The van der Waals surface area contributed by atoms with Gasteiger partial charge in [0, 0.05) is 32.1 Å². The molecule has 0 aromatic rings. The molecule has 0 aliphatic heterocycles. The minimum Gasteiger partial charge on any atom is -0.462 e. The number of carbonyl (C=O) groups is 2. The van der Waals surface area contributed by atoms with Gasteiger partial charge in [0.05, 0.1) is 0 Å². The van der Waals surface area contributed by atoms with E-state index in [4.69, 9.17) is 9.47 Å². The molecule has 4 aliphatic carbocycles. The lowest BCUT2D eigenvalue weighted by Crippen LogP contribution is -2.54. The molecular formula is C31H40F6O4. The first-order valence-electron chi connectivity index (χ1n) is 14.5. The van der Waals surface area contributed by atoms with Crippen LogP contribution in [0.4, 0.5) is 26.3 Å². The number of hydrogen-bond acceptors (Lipinski definition) is 4. The van der Waals surface area contributed by atoms with Gasteiger partial charge in [-0.25, -0.2) is 0 Å². The van der Waals surface area contributed by atoms with Gasteiger partial charge in [-0.05, 0) is 67.6 Å². The monoisotopic (exact) mass is 590 g/mol. The van der Waals surface area contributed by atoms with Crippen molar-refractivity contribution < 1.29 is 45.4 Å². The van der Waals surface area contributed by atoms with Crippen LogP contribution in [0, 0.1) is 34.5 Å². The average molecular weight is 591 g/mol. The van der Waals surface area contributed by atoms with Crippen molar-refractivity contribution >= 4 is 11.9 Å². The van der Waals surface area contributed by atoms with Gasteiger partial charge in [-0.15, -0.1) is 0 Å². The standard InChI is InChI=1S/C31H40F6O4/c1-17(7-6-8-26(30(32,33)34)31(35,36)37)23-11-12-24-22-10-9-20-15-21(40-18(2)38)16-27(41-19(3)39)29(20,5)25(22)13-14-28(23,24)4/h8-10,17,21,23-25,27H,6-7,11-16H2,1-5H3/t17-,21-,23-,24+,25+,27+,28-,29+/m1/s1. The fourth-order valence-corrected chi connectivity index (χ4v) is 8.76. The van der Waals surface area contributed by atoms with Crippen molar-refractivity contribution in [1.29, 1.82) is 0 Å². The number of fused-ring (bicyclic) bond motifs is 5. The van der Waals surface area contributed by atoms with Gasteiger partial charge in [0.25, 0.3) is 0 Å². The van der Waals surface area contributed by atoms with Crippen molar-refractivity contribution in [3.05, 3.63) is 34.9 Å². The van der Waals surface area contributed by atoms with Gasteiger partial charge in [0.2, 0.25) is 0 Å². The molecule has 10 heteroatoms. The second-order valence-electron chi connectivity index (χ2n) is 12.9. The second kappa shape index (κ2) is 11.1. The number of rotatable bonds is 6. The molecule has 0 heterocycles. The summed E-state index contributed by atoms with van der Waals surface area (Å²) < 4.78 is 89.1. The fourth-order valence-electron chi connectivity index (χ4n) is 8.76. The molecule has 0 spiro atoms. The summed E-state index contributed by atoms with van der Waals surface area (Å²) in [6.07, 6.45) is -2.72. The van der Waals surface area contributed by atoms with Gasteiger partial charge in [0.15, 0.2) is 0 Å². The van der Waals surface area contributed by atoms with Crippen molar-refractivity contribution in [2.45, 2.75) is 111 Å². The zero-order valence-electron chi connectivity index (χ0n) is 24.3. The summed E-state index contributed by atoms with van der Waals surface area (Å²) in [4.78, 5) is 23.8. The van der Waals surface area contributed by atoms with E-state index in [1.54, 1.807) is 0 Å². The van der Waals surface area contributed by atoms with Crippen LogP contribution in [-0.4, -0.2) is 36.5 Å². The van der Waals surface area contributed by atoms with E-state index in [0.29, 0.717) is 18.9 Å². The minimum atomic E-state index is -5.43. The Morgan fingerprint density at radius 1 is 0.976 bits per heavy atom. The molecule has 0 aromatic heterocycles. The van der Waals surface area contributed by atoms with Crippen LogP contribution in [0.25, 0.3) is 0 Å². The molecule has 3 fully saturated rings. The molecule has 0 bridgehead atoms. The smallest absolute Gasteiger partial charge is 0.420 e. The molecule has 4 aliphatic rings. The van der Waals surface area contributed by atoms with Gasteiger partial charge < -0.3 is 9.47 Å². The molecule has 0 N–H and O–H groups in total. The van der Waals surface area contributed by atoms with Crippen LogP contribution in [0.1, 0.15) is 86.0 Å². The highest BCUT2D eigenvalue weighted by Crippen LogP contribution is 2.66. The molecule has 0 amide bonds. The normalized spacial score (nSPS) is 35.6. The lowest BCUT2D eigenvalue weighted by Gasteiger charge is -2.57. The first-order valence-corrected chi connectivity index (χ1v) is 14.5. The Kier molecular flexibility index (Phi) is 8.58. The predicted octanol–water partition coefficient (Wildman–Crippen LogP) is 8.43. The number of hydrogen-bond donors (Lipinski definition) is 0. The van der Waals surface area contributed by atoms with Crippen LogP contribution in [0.15, 0.2) is 34.9 Å². The Balaban J connectivity index is 1.55. The molecule has 3 saturated carbocycles. The Morgan fingerprint density at radius 3 is 2.20 bits per heavy atom. The van der Waals surface area contributed by atoms with Crippen LogP contribution in [0.5, 0.6) is 0 Å². The van der Waals surface area contributed by atoms with Crippen molar-refractivity contribution in [3.8, 4) is 0 Å². The van der Waals surface area contributed by atoms with Crippen molar-refractivity contribution in [2.24, 2.45) is 34.5 Å². The summed E-state index contributed by atoms with van der Waals surface area (Å²) >= 11 is 0. The molecule has 230 valence electrons. The number of alkyl halides is 6. The van der Waals surface area contributed by atoms with E-state index in [0.717, 1.165) is 31.3 Å². The van der Waals surface area contributed by atoms with Gasteiger partial charge >= 0.3 is 24.3 Å². The predicted molar refractivity (Wildman–Crippen MR) is 140 cm³/mol. The van der Waals surface area contributed by atoms with Crippen LogP contribution in [0.3, 0.4) is 0 Å². The van der Waals surface area contributed by atoms with E-state index >= 15 is 0 Å². The molecule has 0 radical (unpaired) electrons. The second-order valence-corrected chi connectivity index (χ2v) is 12.9. The van der Waals surface area contributed by atoms with E-state index in [1.165, 1.54) is 19.4 Å². The Labute approximate surface area is 237 Å². The molecule has 41 heavy (non-hydrogen) atoms. The third-order valence-corrected chi connectivity index (χ3v) is 10.6. The Morgan fingerprint density at radius 2 is 1.61 bits per heavy atom. The molecule has 0 aromatic carbocycles. The molecule has 4 nitrogen and oxygen atoms in total. The summed E-state index contributed by atoms with van der Waals surface area (Å²) in [6, 6.07) is 0. The lowest BCUT2D eigenvalue weighted by atomic mass is 9.49. The summed E-state index contributed by atoms with van der Waals surface area (Å²) in [7, 11) is 0. The first kappa shape index (κ1) is 31.7.